The van der Waals surface area contributed by atoms with Crippen molar-refractivity contribution >= 4 is 54.5 Å². The van der Waals surface area contributed by atoms with Crippen molar-refractivity contribution in [2.24, 2.45) is 0 Å². The first-order chi connectivity index (χ1) is 29.7. The molecular weight excluding hydrogens is 733 g/mol. The molecule has 3 aromatic heterocycles. The van der Waals surface area contributed by atoms with Crippen LogP contribution in [0.5, 0.6) is 0 Å². The van der Waals surface area contributed by atoms with Gasteiger partial charge in [0.25, 0.3) is 0 Å². The standard InChI is InChI=1S/C55H34N4O/c1-2-14-37(15-3-1)53-56-54(58-55(57-53)46-22-12-26-50-52(46)45-20-7-9-25-49(45)60-50)41-18-10-17-39(34-41)36-29-31-42(32-30-36)59-47-23-8-6-19-44(47)51-43(21-11-24-48(51)59)40-28-27-35-13-4-5-16-38(35)33-40/h1-34H. The van der Waals surface area contributed by atoms with Crippen LogP contribution in [0, 0.1) is 0 Å². The molecule has 5 nitrogen and oxygen atoms in total. The lowest BCUT2D eigenvalue weighted by atomic mass is 9.97. The molecule has 12 rings (SSSR count). The van der Waals surface area contributed by atoms with Crippen LogP contribution in [0.25, 0.3) is 117 Å². The van der Waals surface area contributed by atoms with Gasteiger partial charge in [0.1, 0.15) is 11.2 Å². The normalized spacial score (nSPS) is 11.7. The lowest BCUT2D eigenvalue weighted by Crippen LogP contribution is -2.00. The summed E-state index contributed by atoms with van der Waals surface area (Å²) in [6.45, 7) is 0. The van der Waals surface area contributed by atoms with E-state index in [2.05, 4.69) is 150 Å². The van der Waals surface area contributed by atoms with E-state index in [1.807, 2.05) is 60.7 Å². The highest BCUT2D eigenvalue weighted by Crippen LogP contribution is 2.40. The maximum Gasteiger partial charge on any atom is 0.164 e. The van der Waals surface area contributed by atoms with Gasteiger partial charge < -0.3 is 8.98 Å². The topological polar surface area (TPSA) is 56.7 Å². The summed E-state index contributed by atoms with van der Waals surface area (Å²) >= 11 is 0. The van der Waals surface area contributed by atoms with Gasteiger partial charge in [0.15, 0.2) is 17.5 Å². The Bertz CT molecular complexity index is 3600. The predicted molar refractivity (Wildman–Crippen MR) is 246 cm³/mol. The van der Waals surface area contributed by atoms with Gasteiger partial charge in [-0.2, -0.15) is 0 Å². The fourth-order valence-electron chi connectivity index (χ4n) is 8.84. The van der Waals surface area contributed by atoms with Crippen LogP contribution in [-0.2, 0) is 0 Å². The summed E-state index contributed by atoms with van der Waals surface area (Å²) in [6.07, 6.45) is 0. The predicted octanol–water partition coefficient (Wildman–Crippen LogP) is 14.4. The van der Waals surface area contributed by atoms with E-state index in [1.165, 1.54) is 43.7 Å². The minimum atomic E-state index is 0.598. The Balaban J connectivity index is 0.953. The molecule has 5 heteroatoms. The van der Waals surface area contributed by atoms with Crippen LogP contribution in [0.3, 0.4) is 0 Å². The van der Waals surface area contributed by atoms with Gasteiger partial charge in [-0.15, -0.1) is 0 Å². The molecule has 0 amide bonds. The first kappa shape index (κ1) is 33.9. The van der Waals surface area contributed by atoms with Crippen molar-refractivity contribution in [1.29, 1.82) is 0 Å². The van der Waals surface area contributed by atoms with Crippen molar-refractivity contribution in [3.05, 3.63) is 206 Å². The third kappa shape index (κ3) is 5.59. The zero-order chi connectivity index (χ0) is 39.6. The summed E-state index contributed by atoms with van der Waals surface area (Å²) in [5.74, 6) is 1.82. The van der Waals surface area contributed by atoms with E-state index in [0.717, 1.165) is 55.4 Å². The monoisotopic (exact) mass is 766 g/mol. The van der Waals surface area contributed by atoms with E-state index in [4.69, 9.17) is 19.4 Å². The largest absolute Gasteiger partial charge is 0.456 e. The number of benzene rings is 9. The van der Waals surface area contributed by atoms with Crippen LogP contribution < -0.4 is 0 Å². The lowest BCUT2D eigenvalue weighted by molar-refractivity contribution is 0.669. The van der Waals surface area contributed by atoms with Gasteiger partial charge in [0.2, 0.25) is 0 Å². The molecule has 0 saturated carbocycles. The van der Waals surface area contributed by atoms with Crippen LogP contribution in [0.1, 0.15) is 0 Å². The molecule has 3 heterocycles. The molecule has 0 atom stereocenters. The average Bonchev–Trinajstić information content (AvgIpc) is 3.88. The van der Waals surface area contributed by atoms with E-state index in [9.17, 15) is 0 Å². The molecule has 0 unspecified atom stereocenters. The van der Waals surface area contributed by atoms with Crippen molar-refractivity contribution in [2.45, 2.75) is 0 Å². The Kier molecular flexibility index (Phi) is 7.78. The quantitative estimate of drug-likeness (QED) is 0.169. The highest BCUT2D eigenvalue weighted by molar-refractivity contribution is 6.16. The summed E-state index contributed by atoms with van der Waals surface area (Å²) in [6, 6.07) is 72.3. The number of fused-ring (bicyclic) bond motifs is 7. The molecule has 0 bridgehead atoms. The Hall–Kier alpha value is -8.15. The first-order valence-corrected chi connectivity index (χ1v) is 20.2. The minimum absolute atomic E-state index is 0.598. The molecule has 9 aromatic carbocycles. The molecule has 0 aliphatic carbocycles. The van der Waals surface area contributed by atoms with Crippen LogP contribution >= 0.6 is 0 Å². The lowest BCUT2D eigenvalue weighted by Gasteiger charge is -2.12. The molecule has 0 saturated heterocycles. The molecular formula is C55H34N4O. The summed E-state index contributed by atoms with van der Waals surface area (Å²) in [5.41, 5.74) is 12.4. The number of hydrogen-bond acceptors (Lipinski definition) is 4. The van der Waals surface area contributed by atoms with E-state index < -0.39 is 0 Å². The van der Waals surface area contributed by atoms with Crippen molar-refractivity contribution < 1.29 is 4.42 Å². The maximum atomic E-state index is 6.25. The molecule has 60 heavy (non-hydrogen) atoms. The fourth-order valence-corrected chi connectivity index (χ4v) is 8.84. The number of aromatic nitrogens is 4. The Labute approximate surface area is 345 Å². The zero-order valence-corrected chi connectivity index (χ0v) is 32.3. The molecule has 280 valence electrons. The number of nitrogens with zero attached hydrogens (tertiary/aromatic N) is 4. The van der Waals surface area contributed by atoms with E-state index >= 15 is 0 Å². The molecule has 0 fully saturated rings. The molecule has 0 aliphatic heterocycles. The summed E-state index contributed by atoms with van der Waals surface area (Å²) in [4.78, 5) is 15.3. The van der Waals surface area contributed by atoms with E-state index in [0.29, 0.717) is 17.5 Å². The van der Waals surface area contributed by atoms with Gasteiger partial charge >= 0.3 is 0 Å². The highest BCUT2D eigenvalue weighted by atomic mass is 16.3. The van der Waals surface area contributed by atoms with Crippen molar-refractivity contribution in [2.75, 3.05) is 0 Å². The number of hydrogen-bond donors (Lipinski definition) is 0. The van der Waals surface area contributed by atoms with Crippen LogP contribution in [0.2, 0.25) is 0 Å². The first-order valence-electron chi connectivity index (χ1n) is 20.2. The van der Waals surface area contributed by atoms with Crippen LogP contribution in [-0.4, -0.2) is 19.5 Å². The molecule has 0 spiro atoms. The van der Waals surface area contributed by atoms with Gasteiger partial charge in [0.05, 0.1) is 11.0 Å². The summed E-state index contributed by atoms with van der Waals surface area (Å²) < 4.78 is 8.63. The van der Waals surface area contributed by atoms with E-state index in [1.54, 1.807) is 0 Å². The van der Waals surface area contributed by atoms with Gasteiger partial charge in [-0.05, 0) is 81.6 Å². The third-order valence-electron chi connectivity index (χ3n) is 11.6. The number of para-hydroxylation sites is 2. The van der Waals surface area contributed by atoms with Crippen molar-refractivity contribution in [1.82, 2.24) is 19.5 Å². The van der Waals surface area contributed by atoms with Gasteiger partial charge in [0, 0.05) is 43.9 Å². The highest BCUT2D eigenvalue weighted by Gasteiger charge is 2.19. The smallest absolute Gasteiger partial charge is 0.164 e. The SMILES string of the molecule is c1ccc(-c2nc(-c3cccc(-c4ccc(-n5c6ccccc6c6c(-c7ccc8ccccc8c7)cccc65)cc4)c3)nc(-c3cccc4oc5ccccc5c34)n2)cc1. The van der Waals surface area contributed by atoms with E-state index in [-0.39, 0.29) is 0 Å². The zero-order valence-electron chi connectivity index (χ0n) is 32.3. The summed E-state index contributed by atoms with van der Waals surface area (Å²) in [7, 11) is 0. The van der Waals surface area contributed by atoms with Crippen LogP contribution in [0.15, 0.2) is 211 Å². The number of furan rings is 1. The maximum absolute atomic E-state index is 6.25. The number of rotatable bonds is 6. The minimum Gasteiger partial charge on any atom is -0.456 e. The van der Waals surface area contributed by atoms with Gasteiger partial charge in [-0.3, -0.25) is 0 Å². The van der Waals surface area contributed by atoms with Gasteiger partial charge in [-0.1, -0.05) is 158 Å². The second-order valence-corrected chi connectivity index (χ2v) is 15.2. The average molecular weight is 767 g/mol. The second kappa shape index (κ2) is 13.8. The summed E-state index contributed by atoms with van der Waals surface area (Å²) in [5, 5.41) is 6.99. The van der Waals surface area contributed by atoms with Gasteiger partial charge in [-0.25, -0.2) is 15.0 Å². The molecule has 12 aromatic rings. The van der Waals surface area contributed by atoms with Crippen molar-refractivity contribution in [3.63, 3.8) is 0 Å². The second-order valence-electron chi connectivity index (χ2n) is 15.2. The fraction of sp³-hybridized carbons (Fsp3) is 0. The Morgan fingerprint density at radius 1 is 0.333 bits per heavy atom. The Morgan fingerprint density at radius 3 is 1.83 bits per heavy atom. The van der Waals surface area contributed by atoms with Crippen molar-refractivity contribution in [3.8, 4) is 62.1 Å². The third-order valence-corrected chi connectivity index (χ3v) is 11.6. The Morgan fingerprint density at radius 2 is 0.950 bits per heavy atom. The van der Waals surface area contributed by atoms with Crippen LogP contribution in [0.4, 0.5) is 0 Å². The molecule has 0 radical (unpaired) electrons. The molecule has 0 aliphatic rings. The molecule has 0 N–H and O–H groups in total.